The molecule has 1 heterocycles. The number of hydrogen-bond acceptors (Lipinski definition) is 2. The van der Waals surface area contributed by atoms with Gasteiger partial charge in [0.25, 0.3) is 0 Å². The second-order valence-corrected chi connectivity index (χ2v) is 5.78. The van der Waals surface area contributed by atoms with Crippen molar-refractivity contribution < 1.29 is 9.59 Å². The lowest BCUT2D eigenvalue weighted by Gasteiger charge is -2.16. The highest BCUT2D eigenvalue weighted by Crippen LogP contribution is 2.08. The summed E-state index contributed by atoms with van der Waals surface area (Å²) in [5.74, 6) is 0. The van der Waals surface area contributed by atoms with Crippen LogP contribution < -0.4 is 16.0 Å². The Kier molecular flexibility index (Phi) is 6.72. The maximum absolute atomic E-state index is 12.0. The van der Waals surface area contributed by atoms with Gasteiger partial charge in [-0.2, -0.15) is 0 Å². The molecular weight excluding hydrogens is 292 g/mol. The lowest BCUT2D eigenvalue weighted by Crippen LogP contribution is -2.37. The Labute approximate surface area is 137 Å². The van der Waals surface area contributed by atoms with Crippen LogP contribution in [0.4, 0.5) is 9.59 Å². The van der Waals surface area contributed by atoms with Gasteiger partial charge >= 0.3 is 12.1 Å². The first-order chi connectivity index (χ1) is 11.2. The minimum Gasteiger partial charge on any atom is -0.338 e. The summed E-state index contributed by atoms with van der Waals surface area (Å²) in [6.45, 7) is 5.37. The highest BCUT2D eigenvalue weighted by Gasteiger charge is 2.17. The number of hydrogen-bond donors (Lipinski definition) is 3. The number of urea groups is 2. The third-order valence-corrected chi connectivity index (χ3v) is 3.82. The Hall–Kier alpha value is -2.24. The highest BCUT2D eigenvalue weighted by molar-refractivity contribution is 5.74. The summed E-state index contributed by atoms with van der Waals surface area (Å²) < 4.78 is 0. The molecule has 1 aliphatic heterocycles. The fourth-order valence-electron chi connectivity index (χ4n) is 2.54. The zero-order chi connectivity index (χ0) is 16.5. The van der Waals surface area contributed by atoms with Gasteiger partial charge in [0.15, 0.2) is 0 Å². The van der Waals surface area contributed by atoms with Crippen LogP contribution in [0.2, 0.25) is 0 Å². The normalized spacial score (nSPS) is 13.7. The Morgan fingerprint density at radius 2 is 1.70 bits per heavy atom. The van der Waals surface area contributed by atoms with Crippen LogP contribution in [-0.2, 0) is 13.1 Å². The van der Waals surface area contributed by atoms with Gasteiger partial charge in [-0.15, -0.1) is 0 Å². The number of rotatable bonds is 6. The van der Waals surface area contributed by atoms with Gasteiger partial charge in [0.1, 0.15) is 0 Å². The number of amides is 4. The number of carbonyl (C=O) groups excluding carboxylic acids is 2. The van der Waals surface area contributed by atoms with Crippen LogP contribution in [0, 0.1) is 0 Å². The zero-order valence-corrected chi connectivity index (χ0v) is 13.7. The van der Waals surface area contributed by atoms with Gasteiger partial charge < -0.3 is 20.9 Å². The van der Waals surface area contributed by atoms with Crippen molar-refractivity contribution in [2.75, 3.05) is 19.6 Å². The third kappa shape index (κ3) is 5.81. The number of likely N-dealkylation sites (tertiary alicyclic amines) is 1. The predicted octanol–water partition coefficient (Wildman–Crippen LogP) is 2.20. The maximum Gasteiger partial charge on any atom is 0.317 e. The monoisotopic (exact) mass is 318 g/mol. The molecule has 2 rings (SSSR count). The first-order valence-electron chi connectivity index (χ1n) is 8.31. The molecule has 0 saturated carbocycles. The lowest BCUT2D eigenvalue weighted by molar-refractivity contribution is 0.208. The lowest BCUT2D eigenvalue weighted by atomic mass is 10.1. The van der Waals surface area contributed by atoms with Crippen molar-refractivity contribution >= 4 is 12.1 Å². The second kappa shape index (κ2) is 9.02. The summed E-state index contributed by atoms with van der Waals surface area (Å²) in [7, 11) is 0. The van der Waals surface area contributed by atoms with Crippen LogP contribution in [0.5, 0.6) is 0 Å². The Balaban J connectivity index is 1.77. The van der Waals surface area contributed by atoms with Gasteiger partial charge in [-0.1, -0.05) is 31.2 Å². The van der Waals surface area contributed by atoms with E-state index < -0.39 is 0 Å². The molecule has 1 fully saturated rings. The topological polar surface area (TPSA) is 73.5 Å². The minimum absolute atomic E-state index is 0.00460. The fraction of sp³-hybridized carbons (Fsp3) is 0.529. The molecule has 23 heavy (non-hydrogen) atoms. The van der Waals surface area contributed by atoms with Gasteiger partial charge in [-0.3, -0.25) is 0 Å². The molecule has 6 nitrogen and oxygen atoms in total. The maximum atomic E-state index is 12.0. The van der Waals surface area contributed by atoms with E-state index in [1.807, 2.05) is 36.1 Å². The summed E-state index contributed by atoms with van der Waals surface area (Å²) in [6.07, 6.45) is 3.10. The number of carbonyl (C=O) groups is 2. The summed E-state index contributed by atoms with van der Waals surface area (Å²) in [4.78, 5) is 25.4. The molecule has 0 spiro atoms. The summed E-state index contributed by atoms with van der Waals surface area (Å²) in [5.41, 5.74) is 2.05. The molecule has 0 aromatic heterocycles. The van der Waals surface area contributed by atoms with E-state index in [9.17, 15) is 9.59 Å². The summed E-state index contributed by atoms with van der Waals surface area (Å²) in [5, 5.41) is 8.55. The quantitative estimate of drug-likeness (QED) is 0.752. The van der Waals surface area contributed by atoms with Crippen molar-refractivity contribution in [2.45, 2.75) is 39.3 Å². The Morgan fingerprint density at radius 1 is 1.04 bits per heavy atom. The number of nitrogens with zero attached hydrogens (tertiary/aromatic N) is 1. The average molecular weight is 318 g/mol. The SMILES string of the molecule is CCCNC(=O)NCc1cccc(CNC(=O)N2CCCC2)c1. The van der Waals surface area contributed by atoms with Crippen LogP contribution in [0.25, 0.3) is 0 Å². The van der Waals surface area contributed by atoms with Gasteiger partial charge in [0.05, 0.1) is 0 Å². The van der Waals surface area contributed by atoms with E-state index in [-0.39, 0.29) is 12.1 Å². The van der Waals surface area contributed by atoms with Crippen LogP contribution in [0.15, 0.2) is 24.3 Å². The third-order valence-electron chi connectivity index (χ3n) is 3.82. The first kappa shape index (κ1) is 17.1. The van der Waals surface area contributed by atoms with Crippen molar-refractivity contribution in [2.24, 2.45) is 0 Å². The van der Waals surface area contributed by atoms with Gasteiger partial charge in [0.2, 0.25) is 0 Å². The number of benzene rings is 1. The van der Waals surface area contributed by atoms with Crippen LogP contribution in [0.1, 0.15) is 37.3 Å². The Bertz CT molecular complexity index is 527. The van der Waals surface area contributed by atoms with E-state index in [4.69, 9.17) is 0 Å². The van der Waals surface area contributed by atoms with E-state index in [0.717, 1.165) is 43.5 Å². The molecule has 0 bridgehead atoms. The summed E-state index contributed by atoms with van der Waals surface area (Å²) >= 11 is 0. The van der Waals surface area contributed by atoms with E-state index in [0.29, 0.717) is 19.6 Å². The molecule has 3 N–H and O–H groups in total. The fourth-order valence-corrected chi connectivity index (χ4v) is 2.54. The molecule has 1 saturated heterocycles. The molecule has 0 aliphatic carbocycles. The van der Waals surface area contributed by atoms with E-state index in [1.165, 1.54) is 0 Å². The molecule has 1 aromatic rings. The van der Waals surface area contributed by atoms with Crippen molar-refractivity contribution in [3.8, 4) is 0 Å². The van der Waals surface area contributed by atoms with Crippen molar-refractivity contribution in [1.29, 1.82) is 0 Å². The molecular formula is C17H26N4O2. The van der Waals surface area contributed by atoms with Crippen LogP contribution in [-0.4, -0.2) is 36.6 Å². The highest BCUT2D eigenvalue weighted by atomic mass is 16.2. The second-order valence-electron chi connectivity index (χ2n) is 5.78. The van der Waals surface area contributed by atoms with Crippen LogP contribution >= 0.6 is 0 Å². The molecule has 6 heteroatoms. The van der Waals surface area contributed by atoms with Gasteiger partial charge in [0, 0.05) is 32.7 Å². The van der Waals surface area contributed by atoms with Crippen molar-refractivity contribution in [3.05, 3.63) is 35.4 Å². The van der Waals surface area contributed by atoms with E-state index in [1.54, 1.807) is 0 Å². The van der Waals surface area contributed by atoms with Crippen LogP contribution in [0.3, 0.4) is 0 Å². The number of nitrogens with one attached hydrogen (secondary N) is 3. The Morgan fingerprint density at radius 3 is 2.35 bits per heavy atom. The van der Waals surface area contributed by atoms with Gasteiger partial charge in [-0.05, 0) is 30.4 Å². The first-order valence-corrected chi connectivity index (χ1v) is 8.31. The van der Waals surface area contributed by atoms with Crippen molar-refractivity contribution in [3.63, 3.8) is 0 Å². The average Bonchev–Trinajstić information content (AvgIpc) is 3.11. The minimum atomic E-state index is -0.153. The molecule has 1 aromatic carbocycles. The van der Waals surface area contributed by atoms with E-state index >= 15 is 0 Å². The molecule has 4 amide bonds. The largest absolute Gasteiger partial charge is 0.338 e. The smallest absolute Gasteiger partial charge is 0.317 e. The predicted molar refractivity (Wildman–Crippen MR) is 90.0 cm³/mol. The molecule has 1 aliphatic rings. The molecule has 0 atom stereocenters. The molecule has 126 valence electrons. The van der Waals surface area contributed by atoms with Gasteiger partial charge in [-0.25, -0.2) is 9.59 Å². The summed E-state index contributed by atoms with van der Waals surface area (Å²) in [6, 6.07) is 7.74. The van der Waals surface area contributed by atoms with Crippen molar-refractivity contribution in [1.82, 2.24) is 20.9 Å². The zero-order valence-electron chi connectivity index (χ0n) is 13.7. The molecule has 0 unspecified atom stereocenters. The van der Waals surface area contributed by atoms with E-state index in [2.05, 4.69) is 16.0 Å². The molecule has 0 radical (unpaired) electrons. The standard InChI is InChI=1S/C17H26N4O2/c1-2-8-18-16(22)19-12-14-6-5-7-15(11-14)13-20-17(23)21-9-3-4-10-21/h5-7,11H,2-4,8-10,12-13H2,1H3,(H,20,23)(H2,18,19,22).